The highest BCUT2D eigenvalue weighted by Crippen LogP contribution is 2.32. The van der Waals surface area contributed by atoms with Gasteiger partial charge in [-0.3, -0.25) is 0 Å². The monoisotopic (exact) mass is 1240 g/mol. The quantitative estimate of drug-likeness (QED) is 0.247. The second kappa shape index (κ2) is 59.5. The number of nitrogens with zero attached hydrogens (tertiary/aromatic N) is 3. The van der Waals surface area contributed by atoms with Gasteiger partial charge in [0.05, 0.1) is 0 Å². The van der Waals surface area contributed by atoms with Crippen LogP contribution in [0.1, 0.15) is 304 Å². The van der Waals surface area contributed by atoms with Gasteiger partial charge < -0.3 is 34.2 Å². The van der Waals surface area contributed by atoms with Crippen LogP contribution >= 0.6 is 0 Å². The molecule has 0 aromatic carbocycles. The molecule has 0 amide bonds. The van der Waals surface area contributed by atoms with Gasteiger partial charge in [0, 0.05) is 52.7 Å². The molecule has 87 heavy (non-hydrogen) atoms. The molecule has 7 aliphatic heterocycles. The van der Waals surface area contributed by atoms with Crippen molar-refractivity contribution in [2.24, 2.45) is 107 Å². The van der Waals surface area contributed by atoms with Gasteiger partial charge in [-0.1, -0.05) is 227 Å². The van der Waals surface area contributed by atoms with Crippen molar-refractivity contribution in [1.82, 2.24) is 20.0 Å². The molecule has 0 radical (unpaired) electrons. The molecule has 9 rings (SSSR count). The Morgan fingerprint density at radius 2 is 0.529 bits per heavy atom. The van der Waals surface area contributed by atoms with Gasteiger partial charge in [0.25, 0.3) is 0 Å². The number of piperidine rings is 3. The molecule has 0 spiro atoms. The second-order valence-corrected chi connectivity index (χ2v) is 30.9. The van der Waals surface area contributed by atoms with Crippen LogP contribution in [0.15, 0.2) is 0 Å². The number of hydrogen-bond acceptors (Lipinski definition) is 7. The first-order valence-electron chi connectivity index (χ1n) is 35.9. The Bertz CT molecular complexity index is 1220. The van der Waals surface area contributed by atoms with Crippen LogP contribution in [0.4, 0.5) is 0 Å². The van der Waals surface area contributed by atoms with Gasteiger partial charge in [0.15, 0.2) is 0 Å². The molecule has 7 saturated heterocycles. The lowest BCUT2D eigenvalue weighted by Crippen LogP contribution is -2.34. The maximum atomic E-state index is 5.34. The Hall–Kier alpha value is -0.280. The zero-order valence-electron chi connectivity index (χ0n) is 59.2. The molecule has 4 atom stereocenters. The van der Waals surface area contributed by atoms with Crippen molar-refractivity contribution in [3.8, 4) is 0 Å². The summed E-state index contributed by atoms with van der Waals surface area (Å²) >= 11 is 0. The first kappa shape index (κ1) is 97.8. The van der Waals surface area contributed by atoms with Gasteiger partial charge >= 0.3 is 0 Å². The number of ether oxygens (including phenoxy) is 3. The third-order valence-corrected chi connectivity index (χ3v) is 21.2. The third kappa shape index (κ3) is 49.0. The highest BCUT2D eigenvalue weighted by molar-refractivity contribution is 4.77. The molecule has 7 heterocycles. The molecule has 0 aromatic heterocycles. The van der Waals surface area contributed by atoms with Crippen LogP contribution in [-0.2, 0) is 14.2 Å². The lowest BCUT2D eigenvalue weighted by molar-refractivity contribution is 0.0373. The normalized spacial score (nSPS) is 24.2. The second-order valence-electron chi connectivity index (χ2n) is 30.9. The maximum Gasteiger partial charge on any atom is 0.0497 e. The van der Waals surface area contributed by atoms with E-state index in [1.165, 1.54) is 187 Å². The highest BCUT2D eigenvalue weighted by Gasteiger charge is 2.24. The summed E-state index contributed by atoms with van der Waals surface area (Å²) in [7, 11) is 6.66. The molecule has 4 unspecified atom stereocenters. The zero-order chi connectivity index (χ0) is 60.7. The summed E-state index contributed by atoms with van der Waals surface area (Å²) in [6.07, 6.45) is 29.8. The first-order valence-corrected chi connectivity index (χ1v) is 35.9. The molecular formula is C80H176N4O3. The number of hydrogen-bond donors (Lipinski definition) is 1. The lowest BCUT2D eigenvalue weighted by Gasteiger charge is -2.31. The molecule has 9 fully saturated rings. The van der Waals surface area contributed by atoms with Crippen molar-refractivity contribution in [2.75, 3.05) is 113 Å². The molecule has 7 nitrogen and oxygen atoms in total. The molecule has 2 saturated carbocycles. The fourth-order valence-electron chi connectivity index (χ4n) is 13.6. The predicted molar refractivity (Wildman–Crippen MR) is 400 cm³/mol. The van der Waals surface area contributed by atoms with E-state index in [9.17, 15) is 0 Å². The zero-order valence-corrected chi connectivity index (χ0v) is 59.2. The van der Waals surface area contributed by atoms with E-state index in [1.54, 1.807) is 0 Å². The van der Waals surface area contributed by atoms with Crippen LogP contribution in [0.2, 0.25) is 0 Å². The maximum absolute atomic E-state index is 5.34. The minimum absolute atomic E-state index is 0. The van der Waals surface area contributed by atoms with E-state index in [-0.39, 0.29) is 44.6 Å². The highest BCUT2D eigenvalue weighted by atomic mass is 16.5. The van der Waals surface area contributed by atoms with Crippen LogP contribution in [0, 0.1) is 107 Å². The van der Waals surface area contributed by atoms with Crippen LogP contribution in [0.3, 0.4) is 0 Å². The molecule has 1 N–H and O–H groups in total. The number of likely N-dealkylation sites (tertiary alicyclic amines) is 3. The van der Waals surface area contributed by atoms with Gasteiger partial charge in [-0.15, -0.1) is 0 Å². The van der Waals surface area contributed by atoms with E-state index in [2.05, 4.69) is 166 Å². The summed E-state index contributed by atoms with van der Waals surface area (Å²) in [5.41, 5.74) is 0. The third-order valence-electron chi connectivity index (χ3n) is 21.2. The summed E-state index contributed by atoms with van der Waals surface area (Å²) < 4.78 is 15.8. The Kier molecular flexibility index (Phi) is 66.8. The van der Waals surface area contributed by atoms with E-state index in [0.29, 0.717) is 0 Å². The summed E-state index contributed by atoms with van der Waals surface area (Å²) in [6, 6.07) is 0. The van der Waals surface area contributed by atoms with E-state index in [4.69, 9.17) is 14.2 Å². The number of nitrogens with one attached hydrogen (secondary N) is 1. The van der Waals surface area contributed by atoms with E-state index >= 15 is 0 Å². The minimum atomic E-state index is 0. The topological polar surface area (TPSA) is 49.4 Å². The predicted octanol–water partition coefficient (Wildman–Crippen LogP) is 22.9. The smallest absolute Gasteiger partial charge is 0.0497 e. The van der Waals surface area contributed by atoms with Crippen molar-refractivity contribution >= 4 is 0 Å². The van der Waals surface area contributed by atoms with Gasteiger partial charge in [0.1, 0.15) is 0 Å². The average molecular weight is 1240 g/mol. The lowest BCUT2D eigenvalue weighted by atomic mass is 9.82. The van der Waals surface area contributed by atoms with E-state index in [1.807, 2.05) is 0 Å². The molecular weight excluding hydrogens is 1060 g/mol. The Morgan fingerprint density at radius 3 is 0.816 bits per heavy atom. The Morgan fingerprint density at radius 1 is 0.253 bits per heavy atom. The van der Waals surface area contributed by atoms with Crippen LogP contribution in [-0.4, -0.2) is 128 Å². The fourth-order valence-corrected chi connectivity index (χ4v) is 13.6. The van der Waals surface area contributed by atoms with Crippen LogP contribution < -0.4 is 5.32 Å². The first-order chi connectivity index (χ1) is 38.4. The molecule has 2 aliphatic carbocycles. The number of rotatable bonds is 9. The van der Waals surface area contributed by atoms with Gasteiger partial charge in [-0.25, -0.2) is 0 Å². The van der Waals surface area contributed by atoms with Crippen molar-refractivity contribution in [2.45, 2.75) is 304 Å². The van der Waals surface area contributed by atoms with Gasteiger partial charge in [0.2, 0.25) is 0 Å². The average Bonchev–Trinajstić information content (AvgIpc) is 4.33. The standard InChI is InChI=1S/2C9H19N.C9H18.2C8H17N.2C8H16O.C8H16.C7H14O.6CH4/c1-8(2)9-4-6-10(3)7-5-9;1-8(2)9-5-4-6-10(3)7-9;1-8(2)9-6-4-3-5-7-9;1-7(2)8-4-5-9(3)6-8;2*1-7(2)8-3-5-9-6-4-8;1-7(2)8-4-3-5-9-6-8;1-7(2)8-5-3-4-6-8;1-6(2)7-3-4-8-5-7;;;;;;/h2*8-9H,4-7H2,1-3H3;8-9H,3-7H2,1-2H3;7-8H,4-6H2,1-3H3;7-9H,3-6H2,1-2H3;2*7-8H,3-6H2,1-2H3;7-8H,3-6H2,1-2H3;6-7H,3-5H2,1-2H3;6*1H4. The summed E-state index contributed by atoms with van der Waals surface area (Å²) in [5.74, 6) is 16.6. The summed E-state index contributed by atoms with van der Waals surface area (Å²) in [6.45, 7) is 58.0. The van der Waals surface area contributed by atoms with Crippen molar-refractivity contribution in [3.63, 3.8) is 0 Å². The van der Waals surface area contributed by atoms with Crippen molar-refractivity contribution in [3.05, 3.63) is 0 Å². The van der Waals surface area contributed by atoms with Gasteiger partial charge in [-0.2, -0.15) is 0 Å². The Balaban J connectivity index is -0.000000210. The van der Waals surface area contributed by atoms with Gasteiger partial charge in [-0.05, 0) is 244 Å². The fraction of sp³-hybridized carbons (Fsp3) is 1.00. The SMILES string of the molecule is C.C.C.C.C.C.CC(C)C1CCCC1.CC(C)C1CCCCC1.CC(C)C1CCCN(C)C1.CC(C)C1CCCOC1.CC(C)C1CCN(C)C1.CC(C)C1CCN(C)CC1.CC(C)C1CCNCC1.CC(C)C1CCOC1.CC(C)C1CCOCC1. The van der Waals surface area contributed by atoms with E-state index in [0.717, 1.165) is 146 Å². The van der Waals surface area contributed by atoms with Crippen LogP contribution in [0.5, 0.6) is 0 Å². The Labute approximate surface area is 555 Å². The summed E-state index contributed by atoms with van der Waals surface area (Å²) in [4.78, 5) is 7.30. The van der Waals surface area contributed by atoms with E-state index < -0.39 is 0 Å². The minimum Gasteiger partial charge on any atom is -0.381 e. The van der Waals surface area contributed by atoms with Crippen LogP contribution in [0.25, 0.3) is 0 Å². The molecule has 534 valence electrons. The largest absolute Gasteiger partial charge is 0.381 e. The van der Waals surface area contributed by atoms with Crippen molar-refractivity contribution in [1.29, 1.82) is 0 Å². The summed E-state index contributed by atoms with van der Waals surface area (Å²) in [5, 5.41) is 3.37. The molecule has 9 aliphatic rings. The van der Waals surface area contributed by atoms with Crippen molar-refractivity contribution < 1.29 is 14.2 Å². The molecule has 0 aromatic rings. The molecule has 7 heteroatoms. The molecule has 0 bridgehead atoms.